The molecule has 2 amide bonds. The number of carbonyl (C=O) groups is 2. The van der Waals surface area contributed by atoms with Crippen molar-refractivity contribution in [2.75, 3.05) is 19.4 Å². The number of hydrogen-bond donors (Lipinski definition) is 3. The maximum Gasteiger partial charge on any atom is 0.407 e. The van der Waals surface area contributed by atoms with Gasteiger partial charge < -0.3 is 30.4 Å². The zero-order valence-corrected chi connectivity index (χ0v) is 20.2. The Labute approximate surface area is 204 Å². The predicted molar refractivity (Wildman–Crippen MR) is 133 cm³/mol. The Morgan fingerprint density at radius 1 is 1.20 bits per heavy atom. The lowest BCUT2D eigenvalue weighted by atomic mass is 10.0. The van der Waals surface area contributed by atoms with Crippen molar-refractivity contribution in [1.82, 2.24) is 20.2 Å². The normalized spacial score (nSPS) is 16.2. The van der Waals surface area contributed by atoms with Crippen LogP contribution in [0.4, 0.5) is 10.5 Å². The van der Waals surface area contributed by atoms with E-state index in [1.807, 2.05) is 56.3 Å². The first-order chi connectivity index (χ1) is 16.9. The van der Waals surface area contributed by atoms with Crippen LogP contribution in [0, 0.1) is 5.92 Å². The number of rotatable bonds is 7. The maximum absolute atomic E-state index is 13.3. The van der Waals surface area contributed by atoms with Gasteiger partial charge in [-0.05, 0) is 43.0 Å². The number of hydrogen-bond acceptors (Lipinski definition) is 6. The van der Waals surface area contributed by atoms with Crippen molar-refractivity contribution in [3.63, 3.8) is 0 Å². The number of likely N-dealkylation sites (tertiary alicyclic amines) is 1. The second-order valence-corrected chi connectivity index (χ2v) is 8.90. The Morgan fingerprint density at radius 3 is 2.69 bits per heavy atom. The number of methoxy groups -OCH3 is 1. The summed E-state index contributed by atoms with van der Waals surface area (Å²) in [4.78, 5) is 34.9. The third-order valence-corrected chi connectivity index (χ3v) is 6.13. The Bertz CT molecular complexity index is 1180. The number of para-hydroxylation sites is 1. The molecular weight excluding hydrogens is 446 g/mol. The van der Waals surface area contributed by atoms with Gasteiger partial charge in [0.25, 0.3) is 0 Å². The number of nitrogens with one attached hydrogen (secondary N) is 2. The van der Waals surface area contributed by atoms with E-state index in [-0.39, 0.29) is 17.9 Å². The molecule has 0 aliphatic carbocycles. The molecule has 0 bridgehead atoms. The standard InChI is InChI=1S/C26H31N5O4/c1-16(2)23(30-26(33)34-3)25(32)31-13-7-10-21(31)24-28-15-20(29-24)17-11-12-19(27)22(14-17)35-18-8-5-4-6-9-18/h4-6,8-9,11-12,14-16,21,23H,7,10,13,27H2,1-3H3,(H,28,29)(H,30,33)/t21-,23-/m0/s1. The zero-order chi connectivity index (χ0) is 24.9. The second-order valence-electron chi connectivity index (χ2n) is 8.90. The van der Waals surface area contributed by atoms with Crippen molar-refractivity contribution >= 4 is 17.7 Å². The van der Waals surface area contributed by atoms with Crippen LogP contribution >= 0.6 is 0 Å². The van der Waals surface area contributed by atoms with Gasteiger partial charge in [-0.25, -0.2) is 9.78 Å². The maximum atomic E-state index is 13.3. The topological polar surface area (TPSA) is 123 Å². The monoisotopic (exact) mass is 477 g/mol. The minimum absolute atomic E-state index is 0.0900. The highest BCUT2D eigenvalue weighted by atomic mass is 16.5. The summed E-state index contributed by atoms with van der Waals surface area (Å²) in [7, 11) is 1.29. The number of anilines is 1. The Balaban J connectivity index is 1.54. The summed E-state index contributed by atoms with van der Waals surface area (Å²) < 4.78 is 10.7. The van der Waals surface area contributed by atoms with E-state index < -0.39 is 12.1 Å². The summed E-state index contributed by atoms with van der Waals surface area (Å²) in [5, 5.41) is 2.67. The largest absolute Gasteiger partial charge is 0.455 e. The van der Waals surface area contributed by atoms with Gasteiger partial charge in [-0.1, -0.05) is 38.1 Å². The number of nitrogen functional groups attached to an aromatic ring is 1. The highest BCUT2D eigenvalue weighted by Crippen LogP contribution is 2.35. The number of aromatic nitrogens is 2. The minimum Gasteiger partial charge on any atom is -0.455 e. The zero-order valence-electron chi connectivity index (χ0n) is 20.2. The first-order valence-electron chi connectivity index (χ1n) is 11.7. The summed E-state index contributed by atoms with van der Waals surface area (Å²) in [5.41, 5.74) is 8.33. The second kappa shape index (κ2) is 10.5. The summed E-state index contributed by atoms with van der Waals surface area (Å²) >= 11 is 0. The van der Waals surface area contributed by atoms with Crippen molar-refractivity contribution in [2.45, 2.75) is 38.8 Å². The van der Waals surface area contributed by atoms with E-state index in [0.29, 0.717) is 29.6 Å². The molecule has 1 aliphatic heterocycles. The molecule has 3 aromatic rings. The quantitative estimate of drug-likeness (QED) is 0.431. The number of nitrogens with two attached hydrogens (primary N) is 1. The number of amides is 2. The molecule has 4 N–H and O–H groups in total. The van der Waals surface area contributed by atoms with E-state index in [4.69, 9.17) is 15.2 Å². The molecule has 2 atom stereocenters. The molecule has 4 rings (SSSR count). The minimum atomic E-state index is -0.674. The molecule has 35 heavy (non-hydrogen) atoms. The number of ether oxygens (including phenoxy) is 2. The average Bonchev–Trinajstić information content (AvgIpc) is 3.53. The molecule has 1 saturated heterocycles. The van der Waals surface area contributed by atoms with Crippen molar-refractivity contribution in [3.05, 3.63) is 60.6 Å². The Kier molecular flexibility index (Phi) is 7.24. The average molecular weight is 478 g/mol. The fourth-order valence-corrected chi connectivity index (χ4v) is 4.25. The van der Waals surface area contributed by atoms with Gasteiger partial charge in [0.2, 0.25) is 5.91 Å². The summed E-state index contributed by atoms with van der Waals surface area (Å²) in [6, 6.07) is 14.1. The molecule has 0 unspecified atom stereocenters. The molecule has 2 heterocycles. The summed E-state index contributed by atoms with van der Waals surface area (Å²) in [6.07, 6.45) is 2.77. The smallest absolute Gasteiger partial charge is 0.407 e. The van der Waals surface area contributed by atoms with Gasteiger partial charge >= 0.3 is 6.09 Å². The number of aromatic amines is 1. The number of H-pyrrole nitrogens is 1. The number of alkyl carbamates (subject to hydrolysis) is 1. The van der Waals surface area contributed by atoms with Crippen molar-refractivity contribution in [2.24, 2.45) is 5.92 Å². The first-order valence-corrected chi connectivity index (χ1v) is 11.7. The van der Waals surface area contributed by atoms with Gasteiger partial charge in [0.05, 0.1) is 30.7 Å². The van der Waals surface area contributed by atoms with Crippen molar-refractivity contribution < 1.29 is 19.1 Å². The molecule has 184 valence electrons. The van der Waals surface area contributed by atoms with Crippen LogP contribution in [-0.4, -0.2) is 46.6 Å². The fraction of sp³-hybridized carbons (Fsp3) is 0.346. The van der Waals surface area contributed by atoms with Crippen LogP contribution in [0.2, 0.25) is 0 Å². The Morgan fingerprint density at radius 2 is 1.97 bits per heavy atom. The summed E-state index contributed by atoms with van der Waals surface area (Å²) in [6.45, 7) is 4.39. The summed E-state index contributed by atoms with van der Waals surface area (Å²) in [5.74, 6) is 1.72. The van der Waals surface area contributed by atoms with Gasteiger partial charge in [0.1, 0.15) is 17.6 Å². The van der Waals surface area contributed by atoms with Crippen molar-refractivity contribution in [1.29, 1.82) is 0 Å². The molecule has 0 spiro atoms. The van der Waals surface area contributed by atoms with E-state index in [2.05, 4.69) is 15.3 Å². The molecule has 0 saturated carbocycles. The lowest BCUT2D eigenvalue weighted by Crippen LogP contribution is -2.51. The highest BCUT2D eigenvalue weighted by Gasteiger charge is 2.37. The van der Waals surface area contributed by atoms with E-state index in [1.54, 1.807) is 17.2 Å². The van der Waals surface area contributed by atoms with Gasteiger partial charge in [0, 0.05) is 12.1 Å². The highest BCUT2D eigenvalue weighted by molar-refractivity contribution is 5.86. The number of carbonyl (C=O) groups excluding carboxylic acids is 2. The van der Waals surface area contributed by atoms with Gasteiger partial charge in [-0.2, -0.15) is 0 Å². The number of imidazole rings is 1. The Hall–Kier alpha value is -4.01. The lowest BCUT2D eigenvalue weighted by Gasteiger charge is -2.30. The van der Waals surface area contributed by atoms with E-state index in [0.717, 1.165) is 24.1 Å². The molecule has 1 aliphatic rings. The predicted octanol–water partition coefficient (Wildman–Crippen LogP) is 4.50. The van der Waals surface area contributed by atoms with E-state index in [9.17, 15) is 9.59 Å². The van der Waals surface area contributed by atoms with Crippen LogP contribution in [0.5, 0.6) is 11.5 Å². The third-order valence-electron chi connectivity index (χ3n) is 6.13. The molecule has 2 aromatic carbocycles. The molecule has 9 nitrogen and oxygen atoms in total. The van der Waals surface area contributed by atoms with E-state index >= 15 is 0 Å². The molecular formula is C26H31N5O4. The van der Waals surface area contributed by atoms with Gasteiger partial charge in [0.15, 0.2) is 5.75 Å². The van der Waals surface area contributed by atoms with Gasteiger partial charge in [-0.3, -0.25) is 4.79 Å². The fourth-order valence-electron chi connectivity index (χ4n) is 4.25. The number of nitrogens with zero attached hydrogens (tertiary/aromatic N) is 2. The first kappa shape index (κ1) is 24.1. The van der Waals surface area contributed by atoms with Crippen molar-refractivity contribution in [3.8, 4) is 22.8 Å². The van der Waals surface area contributed by atoms with Crippen LogP contribution in [0.25, 0.3) is 11.3 Å². The molecule has 0 radical (unpaired) electrons. The SMILES string of the molecule is COC(=O)N[C@H](C(=O)N1CCC[C@H]1c1ncc(-c2ccc(N)c(Oc3ccccc3)c2)[nH]1)C(C)C. The van der Waals surface area contributed by atoms with Gasteiger partial charge in [-0.15, -0.1) is 0 Å². The van der Waals surface area contributed by atoms with Crippen LogP contribution < -0.4 is 15.8 Å². The lowest BCUT2D eigenvalue weighted by molar-refractivity contribution is -0.135. The van der Waals surface area contributed by atoms with E-state index in [1.165, 1.54) is 7.11 Å². The van der Waals surface area contributed by atoms with Crippen LogP contribution in [0.15, 0.2) is 54.7 Å². The molecule has 1 fully saturated rings. The van der Waals surface area contributed by atoms with Crippen LogP contribution in [0.1, 0.15) is 38.6 Å². The molecule has 1 aromatic heterocycles. The molecule has 9 heteroatoms. The van der Waals surface area contributed by atoms with Crippen LogP contribution in [-0.2, 0) is 9.53 Å². The van der Waals surface area contributed by atoms with Crippen LogP contribution in [0.3, 0.4) is 0 Å². The third kappa shape index (κ3) is 5.40. The number of benzene rings is 2.